The Labute approximate surface area is 88.3 Å². The molecule has 15 heavy (non-hydrogen) atoms. The highest BCUT2D eigenvalue weighted by Gasteiger charge is 2.06. The van der Waals surface area contributed by atoms with Crippen LogP contribution in [0.25, 0.3) is 11.5 Å². The first-order valence-electron chi connectivity index (χ1n) is 4.93. The van der Waals surface area contributed by atoms with Crippen LogP contribution in [0.2, 0.25) is 0 Å². The van der Waals surface area contributed by atoms with Crippen molar-refractivity contribution in [3.63, 3.8) is 0 Å². The van der Waals surface area contributed by atoms with E-state index in [0.717, 1.165) is 24.4 Å². The molecule has 0 saturated heterocycles. The van der Waals surface area contributed by atoms with Crippen LogP contribution in [0, 0.1) is 0 Å². The molecule has 0 bridgehead atoms. The average molecular weight is 203 g/mol. The molecule has 1 heterocycles. The molecule has 2 rings (SSSR count). The number of nitrogens with one attached hydrogen (secondary N) is 1. The van der Waals surface area contributed by atoms with Crippen LogP contribution in [-0.2, 0) is 6.42 Å². The standard InChI is InChI=1S/C11H13N3O/c1-12-8-7-10-13-11(15-14-10)9-5-3-2-4-6-9/h2-6,12H,7-8H2,1H3. The topological polar surface area (TPSA) is 51.0 Å². The average Bonchev–Trinajstić information content (AvgIpc) is 2.76. The number of aromatic nitrogens is 2. The van der Waals surface area contributed by atoms with Crippen LogP contribution in [-0.4, -0.2) is 23.7 Å². The third-order valence-electron chi connectivity index (χ3n) is 2.09. The summed E-state index contributed by atoms with van der Waals surface area (Å²) >= 11 is 0. The summed E-state index contributed by atoms with van der Waals surface area (Å²) in [5.74, 6) is 1.32. The Morgan fingerprint density at radius 2 is 2.07 bits per heavy atom. The molecule has 2 aromatic rings. The molecule has 0 fully saturated rings. The molecule has 1 aromatic heterocycles. The quantitative estimate of drug-likeness (QED) is 0.818. The maximum absolute atomic E-state index is 5.16. The van der Waals surface area contributed by atoms with Crippen molar-refractivity contribution >= 4 is 0 Å². The van der Waals surface area contributed by atoms with E-state index in [2.05, 4.69) is 15.5 Å². The summed E-state index contributed by atoms with van der Waals surface area (Å²) in [6, 6.07) is 9.77. The van der Waals surface area contributed by atoms with E-state index in [1.165, 1.54) is 0 Å². The van der Waals surface area contributed by atoms with E-state index in [0.29, 0.717) is 5.89 Å². The van der Waals surface area contributed by atoms with Crippen molar-refractivity contribution in [1.82, 2.24) is 15.5 Å². The summed E-state index contributed by atoms with van der Waals surface area (Å²) < 4.78 is 5.16. The number of hydrogen-bond acceptors (Lipinski definition) is 4. The molecule has 0 unspecified atom stereocenters. The van der Waals surface area contributed by atoms with E-state index < -0.39 is 0 Å². The molecule has 0 atom stereocenters. The lowest BCUT2D eigenvalue weighted by atomic mass is 10.2. The Morgan fingerprint density at radius 1 is 1.27 bits per heavy atom. The lowest BCUT2D eigenvalue weighted by Crippen LogP contribution is -2.10. The Hall–Kier alpha value is -1.68. The Kier molecular flexibility index (Phi) is 3.09. The molecule has 0 aliphatic carbocycles. The van der Waals surface area contributed by atoms with E-state index in [9.17, 15) is 0 Å². The first-order chi connectivity index (χ1) is 7.40. The van der Waals surface area contributed by atoms with Crippen molar-refractivity contribution in [3.8, 4) is 11.5 Å². The third-order valence-corrected chi connectivity index (χ3v) is 2.09. The molecule has 0 saturated carbocycles. The maximum atomic E-state index is 5.16. The number of nitrogens with zero attached hydrogens (tertiary/aromatic N) is 2. The molecule has 1 aromatic carbocycles. The highest BCUT2D eigenvalue weighted by Crippen LogP contribution is 2.15. The number of rotatable bonds is 4. The molecular formula is C11H13N3O. The summed E-state index contributed by atoms with van der Waals surface area (Å²) in [6.07, 6.45) is 0.785. The highest BCUT2D eigenvalue weighted by atomic mass is 16.5. The van der Waals surface area contributed by atoms with E-state index in [4.69, 9.17) is 4.52 Å². The second-order valence-electron chi connectivity index (χ2n) is 3.24. The summed E-state index contributed by atoms with van der Waals surface area (Å²) in [6.45, 7) is 0.855. The van der Waals surface area contributed by atoms with Crippen molar-refractivity contribution in [2.24, 2.45) is 0 Å². The van der Waals surface area contributed by atoms with Gasteiger partial charge in [0.15, 0.2) is 5.82 Å². The normalized spacial score (nSPS) is 10.5. The van der Waals surface area contributed by atoms with E-state index in [1.807, 2.05) is 37.4 Å². The van der Waals surface area contributed by atoms with Crippen molar-refractivity contribution in [2.75, 3.05) is 13.6 Å². The van der Waals surface area contributed by atoms with Gasteiger partial charge in [-0.2, -0.15) is 4.98 Å². The van der Waals surface area contributed by atoms with Crippen LogP contribution in [0.1, 0.15) is 5.82 Å². The molecular weight excluding hydrogens is 190 g/mol. The van der Waals surface area contributed by atoms with Crippen molar-refractivity contribution in [1.29, 1.82) is 0 Å². The Morgan fingerprint density at radius 3 is 2.80 bits per heavy atom. The Balaban J connectivity index is 2.14. The molecule has 0 radical (unpaired) electrons. The van der Waals surface area contributed by atoms with Gasteiger partial charge in [-0.3, -0.25) is 0 Å². The zero-order valence-electron chi connectivity index (χ0n) is 8.60. The number of benzene rings is 1. The smallest absolute Gasteiger partial charge is 0.257 e. The first-order valence-corrected chi connectivity index (χ1v) is 4.93. The van der Waals surface area contributed by atoms with Crippen LogP contribution in [0.4, 0.5) is 0 Å². The van der Waals surface area contributed by atoms with Crippen LogP contribution in [0.5, 0.6) is 0 Å². The molecule has 78 valence electrons. The van der Waals surface area contributed by atoms with Gasteiger partial charge in [-0.05, 0) is 19.2 Å². The third kappa shape index (κ3) is 2.41. The van der Waals surface area contributed by atoms with E-state index in [1.54, 1.807) is 0 Å². The lowest BCUT2D eigenvalue weighted by molar-refractivity contribution is 0.422. The summed E-state index contributed by atoms with van der Waals surface area (Å²) in [7, 11) is 1.90. The maximum Gasteiger partial charge on any atom is 0.257 e. The Bertz CT molecular complexity index is 411. The van der Waals surface area contributed by atoms with Gasteiger partial charge >= 0.3 is 0 Å². The fraction of sp³-hybridized carbons (Fsp3) is 0.273. The lowest BCUT2D eigenvalue weighted by Gasteiger charge is -1.91. The SMILES string of the molecule is CNCCc1noc(-c2ccccc2)n1. The van der Waals surface area contributed by atoms with Crippen LogP contribution in [0.3, 0.4) is 0 Å². The van der Waals surface area contributed by atoms with Gasteiger partial charge in [0.1, 0.15) is 0 Å². The van der Waals surface area contributed by atoms with Crippen LogP contribution < -0.4 is 5.32 Å². The van der Waals surface area contributed by atoms with Gasteiger partial charge < -0.3 is 9.84 Å². The van der Waals surface area contributed by atoms with Gasteiger partial charge in [0, 0.05) is 18.5 Å². The zero-order valence-corrected chi connectivity index (χ0v) is 8.60. The molecule has 1 N–H and O–H groups in total. The molecule has 4 nitrogen and oxygen atoms in total. The second kappa shape index (κ2) is 4.70. The van der Waals surface area contributed by atoms with Crippen molar-refractivity contribution in [2.45, 2.75) is 6.42 Å². The highest BCUT2D eigenvalue weighted by molar-refractivity contribution is 5.51. The van der Waals surface area contributed by atoms with Gasteiger partial charge in [-0.25, -0.2) is 0 Å². The summed E-state index contributed by atoms with van der Waals surface area (Å²) in [5.41, 5.74) is 0.959. The van der Waals surface area contributed by atoms with Gasteiger partial charge in [-0.15, -0.1) is 0 Å². The number of hydrogen-bond donors (Lipinski definition) is 1. The molecule has 0 spiro atoms. The van der Waals surface area contributed by atoms with Crippen LogP contribution >= 0.6 is 0 Å². The fourth-order valence-electron chi connectivity index (χ4n) is 1.29. The zero-order chi connectivity index (χ0) is 10.5. The van der Waals surface area contributed by atoms with E-state index >= 15 is 0 Å². The van der Waals surface area contributed by atoms with Gasteiger partial charge in [-0.1, -0.05) is 23.4 Å². The molecule has 4 heteroatoms. The molecule has 0 amide bonds. The summed E-state index contributed by atoms with van der Waals surface area (Å²) in [5, 5.41) is 6.95. The summed E-state index contributed by atoms with van der Waals surface area (Å²) in [4.78, 5) is 4.30. The van der Waals surface area contributed by atoms with Crippen LogP contribution in [0.15, 0.2) is 34.9 Å². The minimum Gasteiger partial charge on any atom is -0.334 e. The minimum atomic E-state index is 0.585. The fourth-order valence-corrected chi connectivity index (χ4v) is 1.29. The number of likely N-dealkylation sites (N-methyl/N-ethyl adjacent to an activating group) is 1. The molecule has 0 aliphatic rings. The van der Waals surface area contributed by atoms with Gasteiger partial charge in [0.2, 0.25) is 0 Å². The van der Waals surface area contributed by atoms with E-state index in [-0.39, 0.29) is 0 Å². The van der Waals surface area contributed by atoms with Gasteiger partial charge in [0.05, 0.1) is 0 Å². The first kappa shape index (κ1) is 9.86. The van der Waals surface area contributed by atoms with Gasteiger partial charge in [0.25, 0.3) is 5.89 Å². The predicted molar refractivity (Wildman–Crippen MR) is 57.4 cm³/mol. The minimum absolute atomic E-state index is 0.585. The monoisotopic (exact) mass is 203 g/mol. The van der Waals surface area contributed by atoms with Crippen molar-refractivity contribution < 1.29 is 4.52 Å². The second-order valence-corrected chi connectivity index (χ2v) is 3.24. The molecule has 0 aliphatic heterocycles. The largest absolute Gasteiger partial charge is 0.334 e. The predicted octanol–water partition coefficient (Wildman–Crippen LogP) is 1.50. The van der Waals surface area contributed by atoms with Crippen molar-refractivity contribution in [3.05, 3.63) is 36.2 Å².